The van der Waals surface area contributed by atoms with Gasteiger partial charge in [-0.05, 0) is 30.7 Å². The maximum Gasteiger partial charge on any atom is 0.150 e. The first-order chi connectivity index (χ1) is 11.4. The summed E-state index contributed by atoms with van der Waals surface area (Å²) < 4.78 is 24.5. The Hall–Kier alpha value is -1.63. The Labute approximate surface area is 143 Å². The van der Waals surface area contributed by atoms with E-state index >= 15 is 0 Å². The second-order valence-electron chi connectivity index (χ2n) is 7.13. The highest BCUT2D eigenvalue weighted by Gasteiger charge is 2.36. The molecule has 0 bridgehead atoms. The fourth-order valence-corrected chi connectivity index (χ4v) is 5.67. The lowest BCUT2D eigenvalue weighted by Crippen LogP contribution is -2.45. The Morgan fingerprint density at radius 1 is 1.38 bits per heavy atom. The smallest absolute Gasteiger partial charge is 0.150 e. The number of hydrogen-bond donors (Lipinski definition) is 1. The third-order valence-electron chi connectivity index (χ3n) is 5.15. The van der Waals surface area contributed by atoms with Gasteiger partial charge >= 0.3 is 0 Å². The molecule has 0 saturated heterocycles. The number of anilines is 1. The topological polar surface area (TPSA) is 79.0 Å². The molecule has 6 nitrogen and oxygen atoms in total. The van der Waals surface area contributed by atoms with Crippen molar-refractivity contribution in [1.29, 1.82) is 0 Å². The fraction of sp³-hybridized carbons (Fsp3) is 0.647. The van der Waals surface area contributed by atoms with Crippen molar-refractivity contribution in [3.63, 3.8) is 0 Å². The van der Waals surface area contributed by atoms with Crippen LogP contribution in [-0.2, 0) is 9.84 Å². The summed E-state index contributed by atoms with van der Waals surface area (Å²) in [5.74, 6) is 2.07. The number of aromatic amines is 1. The third kappa shape index (κ3) is 3.55. The molecule has 0 radical (unpaired) electrons. The molecule has 24 heavy (non-hydrogen) atoms. The van der Waals surface area contributed by atoms with E-state index in [0.717, 1.165) is 36.1 Å². The Morgan fingerprint density at radius 3 is 2.83 bits per heavy atom. The van der Waals surface area contributed by atoms with Crippen LogP contribution in [-0.4, -0.2) is 48.0 Å². The second kappa shape index (κ2) is 6.70. The number of H-pyrrole nitrogens is 1. The summed E-state index contributed by atoms with van der Waals surface area (Å²) >= 11 is 0. The van der Waals surface area contributed by atoms with Crippen molar-refractivity contribution in [1.82, 2.24) is 15.0 Å². The number of nitrogens with one attached hydrogen (secondary N) is 1. The van der Waals surface area contributed by atoms with E-state index in [-0.39, 0.29) is 11.8 Å². The van der Waals surface area contributed by atoms with Crippen LogP contribution in [0.15, 0.2) is 18.6 Å². The van der Waals surface area contributed by atoms with Crippen LogP contribution in [0.3, 0.4) is 0 Å². The number of rotatable bonds is 7. The molecule has 132 valence electrons. The molecule has 1 aliphatic carbocycles. The van der Waals surface area contributed by atoms with E-state index in [4.69, 9.17) is 0 Å². The minimum Gasteiger partial charge on any atom is -0.356 e. The highest BCUT2D eigenvalue weighted by Crippen LogP contribution is 2.36. The third-order valence-corrected chi connectivity index (χ3v) is 7.21. The Balaban J connectivity index is 1.59. The van der Waals surface area contributed by atoms with Crippen molar-refractivity contribution in [2.24, 2.45) is 11.8 Å². The van der Waals surface area contributed by atoms with Crippen LogP contribution < -0.4 is 4.90 Å². The van der Waals surface area contributed by atoms with Crippen LogP contribution in [0.25, 0.3) is 11.0 Å². The number of sulfone groups is 1. The number of nitrogens with zero attached hydrogens (tertiary/aromatic N) is 3. The first-order valence-corrected chi connectivity index (χ1v) is 10.4. The lowest BCUT2D eigenvalue weighted by atomic mass is 9.81. The lowest BCUT2D eigenvalue weighted by Gasteiger charge is -2.41. The van der Waals surface area contributed by atoms with Crippen molar-refractivity contribution in [3.05, 3.63) is 18.6 Å². The van der Waals surface area contributed by atoms with Crippen LogP contribution in [0.4, 0.5) is 5.82 Å². The van der Waals surface area contributed by atoms with E-state index in [0.29, 0.717) is 17.5 Å². The van der Waals surface area contributed by atoms with E-state index in [1.807, 2.05) is 33.2 Å². The zero-order valence-corrected chi connectivity index (χ0v) is 15.4. The maximum atomic E-state index is 12.3. The molecular weight excluding hydrogens is 324 g/mol. The molecule has 0 spiro atoms. The average Bonchev–Trinajstić information content (AvgIpc) is 2.97. The molecule has 0 unspecified atom stereocenters. The van der Waals surface area contributed by atoms with Crippen molar-refractivity contribution in [2.45, 2.75) is 39.2 Å². The van der Waals surface area contributed by atoms with E-state index in [1.165, 1.54) is 0 Å². The van der Waals surface area contributed by atoms with Crippen molar-refractivity contribution < 1.29 is 8.42 Å². The SMILES string of the molecule is CC[C@@H](C)CS(=O)(=O)CC1CC(N(C)c2ncnc3[nH]ccc23)C1. The van der Waals surface area contributed by atoms with Gasteiger partial charge in [-0.15, -0.1) is 0 Å². The molecule has 1 fully saturated rings. The largest absolute Gasteiger partial charge is 0.356 e. The summed E-state index contributed by atoms with van der Waals surface area (Å²) in [7, 11) is -0.911. The van der Waals surface area contributed by atoms with Crippen LogP contribution in [0.1, 0.15) is 33.1 Å². The fourth-order valence-electron chi connectivity index (χ4n) is 3.44. The molecule has 2 aromatic heterocycles. The van der Waals surface area contributed by atoms with Gasteiger partial charge in [-0.25, -0.2) is 18.4 Å². The summed E-state index contributed by atoms with van der Waals surface area (Å²) in [6.45, 7) is 4.05. The molecule has 1 atom stereocenters. The molecule has 0 amide bonds. The molecule has 1 N–H and O–H groups in total. The highest BCUT2D eigenvalue weighted by molar-refractivity contribution is 7.91. The quantitative estimate of drug-likeness (QED) is 0.830. The number of aromatic nitrogens is 3. The van der Waals surface area contributed by atoms with Gasteiger partial charge in [0.05, 0.1) is 16.9 Å². The highest BCUT2D eigenvalue weighted by atomic mass is 32.2. The van der Waals surface area contributed by atoms with Gasteiger partial charge in [0.25, 0.3) is 0 Å². The van der Waals surface area contributed by atoms with Gasteiger partial charge in [0.2, 0.25) is 0 Å². The van der Waals surface area contributed by atoms with Crippen molar-refractivity contribution >= 4 is 26.7 Å². The Bertz CT molecular complexity index is 796. The molecule has 3 rings (SSSR count). The van der Waals surface area contributed by atoms with E-state index in [1.54, 1.807) is 6.33 Å². The minimum atomic E-state index is -2.94. The number of hydrogen-bond acceptors (Lipinski definition) is 5. The molecule has 2 aromatic rings. The predicted octanol–water partition coefficient (Wildman–Crippen LogP) is 2.63. The maximum absolute atomic E-state index is 12.3. The predicted molar refractivity (Wildman–Crippen MR) is 96.9 cm³/mol. The van der Waals surface area contributed by atoms with E-state index in [9.17, 15) is 8.42 Å². The van der Waals surface area contributed by atoms with Gasteiger partial charge in [-0.1, -0.05) is 20.3 Å². The summed E-state index contributed by atoms with van der Waals surface area (Å²) in [5, 5.41) is 1.01. The standard InChI is InChI=1S/C17H26N4O2S/c1-4-12(2)9-24(22,23)10-13-7-14(8-13)21(3)17-15-5-6-18-16(15)19-11-20-17/h5-6,11-14H,4,7-10H2,1-3H3,(H,18,19,20)/t12-,13?,14?/m1/s1. The van der Waals surface area contributed by atoms with E-state index in [2.05, 4.69) is 19.9 Å². The molecule has 2 heterocycles. The monoisotopic (exact) mass is 350 g/mol. The molecular formula is C17H26N4O2S. The van der Waals surface area contributed by atoms with Crippen LogP contribution in [0, 0.1) is 11.8 Å². The first kappa shape index (κ1) is 17.2. The van der Waals surface area contributed by atoms with Gasteiger partial charge < -0.3 is 9.88 Å². The average molecular weight is 350 g/mol. The van der Waals surface area contributed by atoms with Gasteiger partial charge in [0.1, 0.15) is 17.8 Å². The number of fused-ring (bicyclic) bond motifs is 1. The van der Waals surface area contributed by atoms with Gasteiger partial charge in [0, 0.05) is 19.3 Å². The van der Waals surface area contributed by atoms with Gasteiger partial charge in [0.15, 0.2) is 9.84 Å². The molecule has 7 heteroatoms. The normalized spacial score (nSPS) is 22.3. The lowest BCUT2D eigenvalue weighted by molar-refractivity contribution is 0.282. The van der Waals surface area contributed by atoms with Crippen LogP contribution >= 0.6 is 0 Å². The van der Waals surface area contributed by atoms with E-state index < -0.39 is 9.84 Å². The second-order valence-corrected chi connectivity index (χ2v) is 9.28. The summed E-state index contributed by atoms with van der Waals surface area (Å²) in [5.41, 5.74) is 0.832. The molecule has 0 aromatic carbocycles. The minimum absolute atomic E-state index is 0.247. The zero-order valence-electron chi connectivity index (χ0n) is 14.6. The Kier molecular flexibility index (Phi) is 4.80. The first-order valence-electron chi connectivity index (χ1n) is 8.61. The molecule has 1 aliphatic rings. The molecule has 1 saturated carbocycles. The summed E-state index contributed by atoms with van der Waals surface area (Å²) in [4.78, 5) is 13.9. The van der Waals surface area contributed by atoms with Gasteiger partial charge in [-0.3, -0.25) is 0 Å². The van der Waals surface area contributed by atoms with Crippen molar-refractivity contribution in [2.75, 3.05) is 23.5 Å². The van der Waals surface area contributed by atoms with Crippen LogP contribution in [0.2, 0.25) is 0 Å². The summed E-state index contributed by atoms with van der Waals surface area (Å²) in [6, 6.07) is 2.33. The molecule has 0 aliphatic heterocycles. The summed E-state index contributed by atoms with van der Waals surface area (Å²) in [6.07, 6.45) is 6.16. The zero-order chi connectivity index (χ0) is 17.3. The Morgan fingerprint density at radius 2 is 2.12 bits per heavy atom. The van der Waals surface area contributed by atoms with Crippen LogP contribution in [0.5, 0.6) is 0 Å². The van der Waals surface area contributed by atoms with Crippen molar-refractivity contribution in [3.8, 4) is 0 Å². The van der Waals surface area contributed by atoms with Gasteiger partial charge in [-0.2, -0.15) is 0 Å².